The molecule has 1 rings (SSSR count). The third-order valence-electron chi connectivity index (χ3n) is 3.09. The number of aromatic carboxylic acids is 1. The normalized spacial score (nSPS) is 9.86. The molecule has 0 heterocycles. The molecule has 1 aromatic rings. The van der Waals surface area contributed by atoms with E-state index < -0.39 is 12.0 Å². The molecular formula is C14H19N3O4. The Labute approximate surface area is 122 Å². The third kappa shape index (κ3) is 4.20. The van der Waals surface area contributed by atoms with E-state index in [2.05, 4.69) is 10.6 Å². The molecular weight excluding hydrogens is 274 g/mol. The number of nitrogens with one attached hydrogen (secondary N) is 2. The van der Waals surface area contributed by atoms with E-state index in [0.29, 0.717) is 17.8 Å². The monoisotopic (exact) mass is 293 g/mol. The van der Waals surface area contributed by atoms with E-state index in [9.17, 15) is 14.4 Å². The molecule has 0 radical (unpaired) electrons. The van der Waals surface area contributed by atoms with Crippen LogP contribution in [-0.4, -0.2) is 48.1 Å². The largest absolute Gasteiger partial charge is 0.478 e. The molecule has 0 atom stereocenters. The van der Waals surface area contributed by atoms with Crippen LogP contribution in [0.2, 0.25) is 0 Å². The maximum atomic E-state index is 12.1. The fraction of sp³-hybridized carbons (Fsp3) is 0.357. The van der Waals surface area contributed by atoms with Crippen molar-refractivity contribution in [1.82, 2.24) is 10.2 Å². The van der Waals surface area contributed by atoms with Gasteiger partial charge in [-0.2, -0.15) is 0 Å². The highest BCUT2D eigenvalue weighted by Crippen LogP contribution is 2.19. The van der Waals surface area contributed by atoms with Gasteiger partial charge in [0.05, 0.1) is 5.56 Å². The van der Waals surface area contributed by atoms with Gasteiger partial charge >= 0.3 is 12.0 Å². The highest BCUT2D eigenvalue weighted by atomic mass is 16.4. The van der Waals surface area contributed by atoms with E-state index in [0.717, 1.165) is 0 Å². The van der Waals surface area contributed by atoms with Crippen LogP contribution in [0, 0.1) is 6.92 Å². The Morgan fingerprint density at radius 2 is 1.95 bits per heavy atom. The maximum absolute atomic E-state index is 12.1. The van der Waals surface area contributed by atoms with Gasteiger partial charge in [0.15, 0.2) is 0 Å². The van der Waals surface area contributed by atoms with E-state index in [-0.39, 0.29) is 18.0 Å². The predicted octanol–water partition coefficient (Wildman–Crippen LogP) is 1.29. The number of likely N-dealkylation sites (N-methyl/N-ethyl adjacent to an activating group) is 2. The minimum atomic E-state index is -1.05. The second-order valence-electron chi connectivity index (χ2n) is 4.40. The minimum absolute atomic E-state index is 0.0590. The zero-order valence-corrected chi connectivity index (χ0v) is 12.3. The summed E-state index contributed by atoms with van der Waals surface area (Å²) in [6, 6.07) is 4.19. The maximum Gasteiger partial charge on any atom is 0.336 e. The molecule has 3 amide bonds. The average molecular weight is 293 g/mol. The van der Waals surface area contributed by atoms with Crippen molar-refractivity contribution < 1.29 is 19.5 Å². The van der Waals surface area contributed by atoms with Crippen LogP contribution in [0.4, 0.5) is 10.5 Å². The Balaban J connectivity index is 2.89. The van der Waals surface area contributed by atoms with Crippen LogP contribution in [0.15, 0.2) is 18.2 Å². The first-order valence-corrected chi connectivity index (χ1v) is 6.50. The lowest BCUT2D eigenvalue weighted by atomic mass is 10.1. The number of nitrogens with zero attached hydrogens (tertiary/aromatic N) is 1. The van der Waals surface area contributed by atoms with E-state index in [1.54, 1.807) is 26.0 Å². The van der Waals surface area contributed by atoms with Crippen molar-refractivity contribution in [2.45, 2.75) is 13.8 Å². The Kier molecular flexibility index (Phi) is 5.71. The van der Waals surface area contributed by atoms with Gasteiger partial charge in [-0.1, -0.05) is 6.07 Å². The Hall–Kier alpha value is -2.57. The molecule has 0 aliphatic rings. The lowest BCUT2D eigenvalue weighted by Gasteiger charge is -2.21. The van der Waals surface area contributed by atoms with Gasteiger partial charge in [-0.25, -0.2) is 9.59 Å². The van der Waals surface area contributed by atoms with E-state index in [1.807, 2.05) is 0 Å². The van der Waals surface area contributed by atoms with Crippen molar-refractivity contribution in [1.29, 1.82) is 0 Å². The van der Waals surface area contributed by atoms with Crippen LogP contribution < -0.4 is 10.6 Å². The molecule has 7 heteroatoms. The molecule has 0 bridgehead atoms. The molecule has 7 nitrogen and oxygen atoms in total. The lowest BCUT2D eigenvalue weighted by molar-refractivity contribution is -0.121. The fourth-order valence-corrected chi connectivity index (χ4v) is 1.78. The summed E-state index contributed by atoms with van der Waals surface area (Å²) in [6.07, 6.45) is 0. The van der Waals surface area contributed by atoms with Gasteiger partial charge in [-0.15, -0.1) is 0 Å². The van der Waals surface area contributed by atoms with Crippen molar-refractivity contribution >= 4 is 23.6 Å². The summed E-state index contributed by atoms with van der Waals surface area (Å²) < 4.78 is 0. The zero-order chi connectivity index (χ0) is 16.0. The summed E-state index contributed by atoms with van der Waals surface area (Å²) in [7, 11) is 1.49. The summed E-state index contributed by atoms with van der Waals surface area (Å²) in [5.74, 6) is -1.33. The molecule has 0 spiro atoms. The van der Waals surface area contributed by atoms with E-state index in [4.69, 9.17) is 5.11 Å². The zero-order valence-electron chi connectivity index (χ0n) is 12.3. The molecule has 0 aliphatic heterocycles. The van der Waals surface area contributed by atoms with Crippen molar-refractivity contribution in [2.75, 3.05) is 25.5 Å². The van der Waals surface area contributed by atoms with Crippen molar-refractivity contribution in [3.8, 4) is 0 Å². The number of carbonyl (C=O) groups excluding carboxylic acids is 2. The number of carbonyl (C=O) groups is 3. The fourth-order valence-electron chi connectivity index (χ4n) is 1.78. The third-order valence-corrected chi connectivity index (χ3v) is 3.09. The second kappa shape index (κ2) is 7.28. The van der Waals surface area contributed by atoms with Crippen LogP contribution in [0.1, 0.15) is 22.8 Å². The van der Waals surface area contributed by atoms with Gasteiger partial charge in [-0.05, 0) is 31.5 Å². The number of hydrogen-bond donors (Lipinski definition) is 3. The number of carboxylic acid groups (broad SMARTS) is 1. The van der Waals surface area contributed by atoms with Crippen molar-refractivity contribution in [3.05, 3.63) is 29.3 Å². The molecule has 0 fully saturated rings. The summed E-state index contributed by atoms with van der Waals surface area (Å²) in [6.45, 7) is 3.67. The number of urea groups is 1. The first-order valence-electron chi connectivity index (χ1n) is 6.50. The molecule has 0 saturated heterocycles. The van der Waals surface area contributed by atoms with Gasteiger partial charge in [0.25, 0.3) is 0 Å². The average Bonchev–Trinajstić information content (AvgIpc) is 2.46. The summed E-state index contributed by atoms with van der Waals surface area (Å²) in [5, 5.41) is 14.1. The SMILES string of the molecule is CCN(CC(=O)NC)C(=O)Nc1cccc(C(=O)O)c1C. The number of carboxylic acids is 1. The molecule has 3 N–H and O–H groups in total. The van der Waals surface area contributed by atoms with Gasteiger partial charge in [0, 0.05) is 19.3 Å². The predicted molar refractivity (Wildman–Crippen MR) is 78.5 cm³/mol. The standard InChI is InChI=1S/C14H19N3O4/c1-4-17(8-12(18)15-3)14(21)16-11-7-5-6-10(9(11)2)13(19)20/h5-7H,4,8H2,1-3H3,(H,15,18)(H,16,21)(H,19,20). The summed E-state index contributed by atoms with van der Waals surface area (Å²) in [5.41, 5.74) is 1.01. The van der Waals surface area contributed by atoms with Crippen LogP contribution >= 0.6 is 0 Å². The van der Waals surface area contributed by atoms with Gasteiger partial charge in [0.2, 0.25) is 5.91 Å². The van der Waals surface area contributed by atoms with Gasteiger partial charge in [0.1, 0.15) is 6.54 Å². The number of amides is 3. The molecule has 0 aromatic heterocycles. The number of hydrogen-bond acceptors (Lipinski definition) is 3. The lowest BCUT2D eigenvalue weighted by Crippen LogP contribution is -2.41. The molecule has 114 valence electrons. The number of anilines is 1. The Morgan fingerprint density at radius 3 is 2.48 bits per heavy atom. The molecule has 0 unspecified atom stereocenters. The highest BCUT2D eigenvalue weighted by molar-refractivity contribution is 5.96. The Morgan fingerprint density at radius 1 is 1.29 bits per heavy atom. The first kappa shape index (κ1) is 16.5. The molecule has 21 heavy (non-hydrogen) atoms. The summed E-state index contributed by atoms with van der Waals surface area (Å²) >= 11 is 0. The molecule has 0 saturated carbocycles. The number of benzene rings is 1. The van der Waals surface area contributed by atoms with Gasteiger partial charge in [-0.3, -0.25) is 4.79 Å². The van der Waals surface area contributed by atoms with Crippen molar-refractivity contribution in [3.63, 3.8) is 0 Å². The van der Waals surface area contributed by atoms with Crippen LogP contribution in [0.25, 0.3) is 0 Å². The highest BCUT2D eigenvalue weighted by Gasteiger charge is 2.17. The van der Waals surface area contributed by atoms with Crippen molar-refractivity contribution in [2.24, 2.45) is 0 Å². The van der Waals surface area contributed by atoms with Gasteiger partial charge < -0.3 is 20.6 Å². The second-order valence-corrected chi connectivity index (χ2v) is 4.40. The quantitative estimate of drug-likeness (QED) is 0.762. The summed E-state index contributed by atoms with van der Waals surface area (Å²) in [4.78, 5) is 35.8. The van der Waals surface area contributed by atoms with Crippen LogP contribution in [-0.2, 0) is 4.79 Å². The molecule has 0 aliphatic carbocycles. The smallest absolute Gasteiger partial charge is 0.336 e. The first-order chi connectivity index (χ1) is 9.90. The van der Waals surface area contributed by atoms with Crippen LogP contribution in [0.3, 0.4) is 0 Å². The van der Waals surface area contributed by atoms with Crippen LogP contribution in [0.5, 0.6) is 0 Å². The minimum Gasteiger partial charge on any atom is -0.478 e. The molecule has 1 aromatic carbocycles. The van der Waals surface area contributed by atoms with E-state index >= 15 is 0 Å². The van der Waals surface area contributed by atoms with E-state index in [1.165, 1.54) is 18.0 Å². The topological polar surface area (TPSA) is 98.7 Å². The Bertz CT molecular complexity index is 557. The number of rotatable bonds is 5.